The van der Waals surface area contributed by atoms with Gasteiger partial charge in [-0.1, -0.05) is 43.5 Å². The first-order valence-corrected chi connectivity index (χ1v) is 7.43. The fraction of sp³-hybridized carbons (Fsp3) is 0.647. The summed E-state index contributed by atoms with van der Waals surface area (Å²) in [6.07, 6.45) is 4.69. The first-order chi connectivity index (χ1) is 9.06. The van der Waals surface area contributed by atoms with E-state index in [1.54, 1.807) is 0 Å². The van der Waals surface area contributed by atoms with Crippen molar-refractivity contribution < 1.29 is 9.84 Å². The minimum Gasteiger partial charge on any atom is -0.386 e. The second-order valence-corrected chi connectivity index (χ2v) is 6.10. The van der Waals surface area contributed by atoms with Crippen molar-refractivity contribution in [2.45, 2.75) is 58.7 Å². The van der Waals surface area contributed by atoms with Crippen molar-refractivity contribution in [3.8, 4) is 0 Å². The molecule has 19 heavy (non-hydrogen) atoms. The Bertz CT molecular complexity index is 414. The van der Waals surface area contributed by atoms with Crippen molar-refractivity contribution in [1.82, 2.24) is 0 Å². The average molecular weight is 262 g/mol. The lowest BCUT2D eigenvalue weighted by Gasteiger charge is -2.28. The summed E-state index contributed by atoms with van der Waals surface area (Å²) in [5.41, 5.74) is 3.33. The smallest absolute Gasteiger partial charge is 0.103 e. The fourth-order valence-corrected chi connectivity index (χ4v) is 2.97. The molecule has 0 heterocycles. The van der Waals surface area contributed by atoms with E-state index in [4.69, 9.17) is 4.74 Å². The van der Waals surface area contributed by atoms with E-state index in [-0.39, 0.29) is 0 Å². The third-order valence-electron chi connectivity index (χ3n) is 4.17. The van der Waals surface area contributed by atoms with Crippen molar-refractivity contribution in [1.29, 1.82) is 0 Å². The van der Waals surface area contributed by atoms with Crippen LogP contribution in [0.1, 0.15) is 55.4 Å². The second-order valence-electron chi connectivity index (χ2n) is 6.10. The van der Waals surface area contributed by atoms with Gasteiger partial charge in [0, 0.05) is 0 Å². The highest BCUT2D eigenvalue weighted by Crippen LogP contribution is 2.27. The Morgan fingerprint density at radius 3 is 2.84 bits per heavy atom. The summed E-state index contributed by atoms with van der Waals surface area (Å²) in [6, 6.07) is 6.21. The lowest BCUT2D eigenvalue weighted by atomic mass is 9.88. The van der Waals surface area contributed by atoms with Gasteiger partial charge in [-0.3, -0.25) is 0 Å². The number of rotatable bonds is 4. The van der Waals surface area contributed by atoms with Crippen LogP contribution in [0.3, 0.4) is 0 Å². The summed E-state index contributed by atoms with van der Waals surface area (Å²) in [7, 11) is 0. The predicted octanol–water partition coefficient (Wildman–Crippen LogP) is 3.93. The molecule has 0 spiro atoms. The molecular weight excluding hydrogens is 236 g/mol. The van der Waals surface area contributed by atoms with E-state index < -0.39 is 6.10 Å². The normalized spacial score (nSPS) is 25.3. The van der Waals surface area contributed by atoms with Crippen molar-refractivity contribution in [2.75, 3.05) is 6.61 Å². The van der Waals surface area contributed by atoms with Gasteiger partial charge in [-0.05, 0) is 43.7 Å². The highest BCUT2D eigenvalue weighted by molar-refractivity contribution is 5.32. The van der Waals surface area contributed by atoms with Crippen LogP contribution in [0, 0.1) is 19.8 Å². The SMILES string of the molecule is Cc1ccc(C)c(C(O)COC2CCCC(C)C2)c1. The predicted molar refractivity (Wildman–Crippen MR) is 78.2 cm³/mol. The van der Waals surface area contributed by atoms with Gasteiger partial charge in [0.2, 0.25) is 0 Å². The molecule has 1 aromatic carbocycles. The quantitative estimate of drug-likeness (QED) is 0.890. The average Bonchev–Trinajstić information content (AvgIpc) is 2.39. The second kappa shape index (κ2) is 6.53. The number of hydrogen-bond acceptors (Lipinski definition) is 2. The number of aryl methyl sites for hydroxylation is 2. The van der Waals surface area contributed by atoms with Crippen molar-refractivity contribution in [3.05, 3.63) is 34.9 Å². The maximum absolute atomic E-state index is 10.3. The number of aliphatic hydroxyl groups is 1. The van der Waals surface area contributed by atoms with Gasteiger partial charge < -0.3 is 9.84 Å². The van der Waals surface area contributed by atoms with E-state index in [2.05, 4.69) is 32.0 Å². The van der Waals surface area contributed by atoms with Crippen LogP contribution in [0.2, 0.25) is 0 Å². The number of benzene rings is 1. The molecule has 0 radical (unpaired) electrons. The Morgan fingerprint density at radius 2 is 2.11 bits per heavy atom. The summed E-state index contributed by atoms with van der Waals surface area (Å²) in [4.78, 5) is 0. The van der Waals surface area contributed by atoms with Crippen LogP contribution >= 0.6 is 0 Å². The molecule has 2 nitrogen and oxygen atoms in total. The van der Waals surface area contributed by atoms with E-state index in [9.17, 15) is 5.11 Å². The van der Waals surface area contributed by atoms with Crippen LogP contribution in [-0.2, 0) is 4.74 Å². The Morgan fingerprint density at radius 1 is 1.32 bits per heavy atom. The molecule has 106 valence electrons. The summed E-state index contributed by atoms with van der Waals surface area (Å²) < 4.78 is 5.91. The molecule has 2 rings (SSSR count). The molecule has 0 saturated heterocycles. The van der Waals surface area contributed by atoms with Crippen LogP contribution in [0.4, 0.5) is 0 Å². The number of ether oxygens (including phenoxy) is 1. The molecule has 3 atom stereocenters. The molecule has 1 saturated carbocycles. The first-order valence-electron chi connectivity index (χ1n) is 7.43. The Labute approximate surface area is 116 Å². The van der Waals surface area contributed by atoms with Gasteiger partial charge in [0.15, 0.2) is 0 Å². The van der Waals surface area contributed by atoms with Gasteiger partial charge in [0.05, 0.1) is 12.7 Å². The standard InChI is InChI=1S/C17H26O2/c1-12-5-4-6-15(9-12)19-11-17(18)16-10-13(2)7-8-14(16)3/h7-8,10,12,15,17-18H,4-6,9,11H2,1-3H3. The number of aliphatic hydroxyl groups excluding tert-OH is 1. The van der Waals surface area contributed by atoms with Crippen molar-refractivity contribution in [2.24, 2.45) is 5.92 Å². The summed E-state index contributed by atoms with van der Waals surface area (Å²) in [5, 5.41) is 10.3. The van der Waals surface area contributed by atoms with Crippen LogP contribution in [-0.4, -0.2) is 17.8 Å². The number of hydrogen-bond donors (Lipinski definition) is 1. The third kappa shape index (κ3) is 4.05. The molecule has 3 unspecified atom stereocenters. The zero-order chi connectivity index (χ0) is 13.8. The van der Waals surface area contributed by atoms with Crippen LogP contribution in [0.15, 0.2) is 18.2 Å². The molecule has 1 aliphatic rings. The van der Waals surface area contributed by atoms with Crippen LogP contribution < -0.4 is 0 Å². The monoisotopic (exact) mass is 262 g/mol. The van der Waals surface area contributed by atoms with Crippen LogP contribution in [0.5, 0.6) is 0 Å². The maximum Gasteiger partial charge on any atom is 0.103 e. The van der Waals surface area contributed by atoms with Gasteiger partial charge in [-0.15, -0.1) is 0 Å². The molecular formula is C17H26O2. The van der Waals surface area contributed by atoms with Gasteiger partial charge in [0.25, 0.3) is 0 Å². The Balaban J connectivity index is 1.90. The minimum absolute atomic E-state index is 0.337. The van der Waals surface area contributed by atoms with Gasteiger partial charge in [0.1, 0.15) is 6.10 Å². The molecule has 0 aromatic heterocycles. The van der Waals surface area contributed by atoms with E-state index in [1.807, 2.05) is 6.92 Å². The highest BCUT2D eigenvalue weighted by atomic mass is 16.5. The molecule has 1 N–H and O–H groups in total. The lowest BCUT2D eigenvalue weighted by Crippen LogP contribution is -2.24. The van der Waals surface area contributed by atoms with E-state index >= 15 is 0 Å². The topological polar surface area (TPSA) is 29.5 Å². The molecule has 1 aliphatic carbocycles. The van der Waals surface area contributed by atoms with Gasteiger partial charge in [-0.2, -0.15) is 0 Å². The fourth-order valence-electron chi connectivity index (χ4n) is 2.97. The maximum atomic E-state index is 10.3. The van der Waals surface area contributed by atoms with Crippen molar-refractivity contribution in [3.63, 3.8) is 0 Å². The van der Waals surface area contributed by atoms with Gasteiger partial charge in [-0.25, -0.2) is 0 Å². The molecule has 1 aromatic rings. The molecule has 2 heteroatoms. The van der Waals surface area contributed by atoms with Gasteiger partial charge >= 0.3 is 0 Å². The first kappa shape index (κ1) is 14.5. The summed E-state index contributed by atoms with van der Waals surface area (Å²) in [6.45, 7) is 6.80. The Kier molecular flexibility index (Phi) is 5.00. The van der Waals surface area contributed by atoms with E-state index in [1.165, 1.54) is 18.4 Å². The summed E-state index contributed by atoms with van der Waals surface area (Å²) in [5.74, 6) is 0.761. The third-order valence-corrected chi connectivity index (χ3v) is 4.17. The van der Waals surface area contributed by atoms with E-state index in [0.29, 0.717) is 12.7 Å². The zero-order valence-electron chi connectivity index (χ0n) is 12.4. The summed E-state index contributed by atoms with van der Waals surface area (Å²) >= 11 is 0. The van der Waals surface area contributed by atoms with Crippen LogP contribution in [0.25, 0.3) is 0 Å². The molecule has 0 aliphatic heterocycles. The Hall–Kier alpha value is -0.860. The van der Waals surface area contributed by atoms with Crippen molar-refractivity contribution >= 4 is 0 Å². The molecule has 0 bridgehead atoms. The molecule has 0 amide bonds. The molecule has 1 fully saturated rings. The zero-order valence-corrected chi connectivity index (χ0v) is 12.4. The lowest BCUT2D eigenvalue weighted by molar-refractivity contribution is -0.0323. The highest BCUT2D eigenvalue weighted by Gasteiger charge is 2.21. The largest absolute Gasteiger partial charge is 0.386 e. The minimum atomic E-state index is -0.503. The van der Waals surface area contributed by atoms with E-state index in [0.717, 1.165) is 29.9 Å².